The van der Waals surface area contributed by atoms with Crippen LogP contribution in [0, 0.1) is 6.92 Å². The quantitative estimate of drug-likeness (QED) is 0.608. The zero-order valence-corrected chi connectivity index (χ0v) is 18.2. The topological polar surface area (TPSA) is 72.9 Å². The summed E-state index contributed by atoms with van der Waals surface area (Å²) in [5, 5.41) is 7.75. The Morgan fingerprint density at radius 1 is 1.07 bits per heavy atom. The van der Waals surface area contributed by atoms with Crippen molar-refractivity contribution in [2.24, 2.45) is 0 Å². The van der Waals surface area contributed by atoms with Gasteiger partial charge in [-0.3, -0.25) is 4.79 Å². The molecule has 0 bridgehead atoms. The molecule has 3 rings (SSSR count). The van der Waals surface area contributed by atoms with Gasteiger partial charge in [-0.05, 0) is 43.2 Å². The normalized spacial score (nSPS) is 11.0. The monoisotopic (exact) mass is 412 g/mol. The van der Waals surface area contributed by atoms with E-state index in [0.29, 0.717) is 12.1 Å². The van der Waals surface area contributed by atoms with Crippen LogP contribution in [-0.4, -0.2) is 22.2 Å². The third kappa shape index (κ3) is 5.61. The van der Waals surface area contributed by atoms with Gasteiger partial charge in [0.05, 0.1) is 16.9 Å². The maximum absolute atomic E-state index is 12.9. The molecule has 29 heavy (non-hydrogen) atoms. The summed E-state index contributed by atoms with van der Waals surface area (Å²) < 4.78 is 1.79. The van der Waals surface area contributed by atoms with Crippen molar-refractivity contribution in [2.75, 3.05) is 12.3 Å². The fraction of sp³-hybridized carbons (Fsp3) is 0.304. The van der Waals surface area contributed by atoms with Crippen LogP contribution in [0.1, 0.15) is 48.0 Å². The molecule has 5 nitrogen and oxygen atoms in total. The van der Waals surface area contributed by atoms with Crippen molar-refractivity contribution in [3.8, 4) is 5.69 Å². The number of hydrogen-bond acceptors (Lipinski definition) is 3. The molecule has 2 aromatic carbocycles. The third-order valence-corrected chi connectivity index (χ3v) is 4.65. The summed E-state index contributed by atoms with van der Waals surface area (Å²) in [4.78, 5) is 12.9. The van der Waals surface area contributed by atoms with Gasteiger partial charge in [0.2, 0.25) is 0 Å². The molecule has 0 unspecified atom stereocenters. The van der Waals surface area contributed by atoms with E-state index in [2.05, 4.69) is 26.1 Å². The highest BCUT2D eigenvalue weighted by atomic mass is 35.5. The first-order chi connectivity index (χ1) is 13.2. The van der Waals surface area contributed by atoms with E-state index in [4.69, 9.17) is 10.8 Å². The van der Waals surface area contributed by atoms with Gasteiger partial charge in [0.25, 0.3) is 5.91 Å². The Morgan fingerprint density at radius 2 is 1.69 bits per heavy atom. The number of amides is 1. The zero-order valence-electron chi connectivity index (χ0n) is 17.4. The van der Waals surface area contributed by atoms with E-state index in [1.807, 2.05) is 61.7 Å². The third-order valence-electron chi connectivity index (χ3n) is 4.65. The molecule has 3 N–H and O–H groups in total. The first-order valence-electron chi connectivity index (χ1n) is 9.54. The standard InChI is InChI=1S/C23H28N4O.ClH/c1-16-5-11-19(12-6-16)27-15-20(21(26-27)23(2,3)4)22(28)25-14-13-17-7-9-18(24)10-8-17;/h5-12,15H,13-14,24H2,1-4H3,(H,25,28);1H. The molecule has 1 aromatic heterocycles. The molecule has 0 aliphatic carbocycles. The second-order valence-electron chi connectivity index (χ2n) is 8.17. The molecule has 6 heteroatoms. The molecule has 0 spiro atoms. The lowest BCUT2D eigenvalue weighted by Gasteiger charge is -2.17. The lowest BCUT2D eigenvalue weighted by Crippen LogP contribution is -2.28. The summed E-state index contributed by atoms with van der Waals surface area (Å²) in [5.41, 5.74) is 10.9. The van der Waals surface area contributed by atoms with Crippen molar-refractivity contribution in [3.63, 3.8) is 0 Å². The van der Waals surface area contributed by atoms with E-state index in [1.54, 1.807) is 4.68 Å². The second-order valence-corrected chi connectivity index (χ2v) is 8.17. The van der Waals surface area contributed by atoms with Crippen molar-refractivity contribution < 1.29 is 4.79 Å². The highest BCUT2D eigenvalue weighted by molar-refractivity contribution is 5.95. The number of aromatic nitrogens is 2. The molecule has 0 saturated heterocycles. The minimum absolute atomic E-state index is 0. The maximum atomic E-state index is 12.9. The molecule has 154 valence electrons. The van der Waals surface area contributed by atoms with Gasteiger partial charge in [-0.1, -0.05) is 50.6 Å². The first kappa shape index (κ1) is 22.5. The van der Waals surface area contributed by atoms with Crippen molar-refractivity contribution >= 4 is 24.0 Å². The van der Waals surface area contributed by atoms with Crippen LogP contribution in [0.5, 0.6) is 0 Å². The Balaban J connectivity index is 0.00000300. The highest BCUT2D eigenvalue weighted by Crippen LogP contribution is 2.25. The summed E-state index contributed by atoms with van der Waals surface area (Å²) >= 11 is 0. The van der Waals surface area contributed by atoms with Gasteiger partial charge in [-0.25, -0.2) is 4.68 Å². The molecular weight excluding hydrogens is 384 g/mol. The fourth-order valence-electron chi connectivity index (χ4n) is 3.02. The molecular formula is C23H29ClN4O. The van der Waals surface area contributed by atoms with E-state index in [0.717, 1.165) is 29.1 Å². The van der Waals surface area contributed by atoms with Crippen molar-refractivity contribution in [2.45, 2.75) is 39.5 Å². The Hall–Kier alpha value is -2.79. The van der Waals surface area contributed by atoms with Gasteiger partial charge in [0, 0.05) is 23.8 Å². The van der Waals surface area contributed by atoms with Crippen LogP contribution in [0.2, 0.25) is 0 Å². The molecule has 0 aliphatic heterocycles. The number of carbonyl (C=O) groups excluding carboxylic acids is 1. The zero-order chi connectivity index (χ0) is 20.3. The van der Waals surface area contributed by atoms with Gasteiger partial charge in [0.1, 0.15) is 0 Å². The van der Waals surface area contributed by atoms with Crippen LogP contribution in [0.25, 0.3) is 5.69 Å². The van der Waals surface area contributed by atoms with Gasteiger partial charge in [0.15, 0.2) is 0 Å². The Kier molecular flexibility index (Phi) is 7.09. The molecule has 0 aliphatic rings. The van der Waals surface area contributed by atoms with Crippen LogP contribution >= 0.6 is 12.4 Å². The van der Waals surface area contributed by atoms with Gasteiger partial charge < -0.3 is 11.1 Å². The Bertz CT molecular complexity index is 954. The SMILES string of the molecule is Cc1ccc(-n2cc(C(=O)NCCc3ccc(N)cc3)c(C(C)(C)C)n2)cc1.Cl. The Labute approximate surface area is 178 Å². The van der Waals surface area contributed by atoms with Crippen LogP contribution in [0.3, 0.4) is 0 Å². The number of benzene rings is 2. The molecule has 1 amide bonds. The van der Waals surface area contributed by atoms with E-state index >= 15 is 0 Å². The van der Waals surface area contributed by atoms with Crippen LogP contribution < -0.4 is 11.1 Å². The average Bonchev–Trinajstić information content (AvgIpc) is 3.10. The number of nitrogens with zero attached hydrogens (tertiary/aromatic N) is 2. The summed E-state index contributed by atoms with van der Waals surface area (Å²) in [6.45, 7) is 8.81. The highest BCUT2D eigenvalue weighted by Gasteiger charge is 2.26. The number of aryl methyl sites for hydroxylation is 1. The molecule has 0 saturated carbocycles. The van der Waals surface area contributed by atoms with Crippen LogP contribution in [-0.2, 0) is 11.8 Å². The maximum Gasteiger partial charge on any atom is 0.254 e. The number of carbonyl (C=O) groups is 1. The van der Waals surface area contributed by atoms with Crippen LogP contribution in [0.15, 0.2) is 54.7 Å². The van der Waals surface area contributed by atoms with Gasteiger partial charge >= 0.3 is 0 Å². The minimum Gasteiger partial charge on any atom is -0.399 e. The predicted octanol–water partition coefficient (Wildman–Crippen LogP) is 4.45. The van der Waals surface area contributed by atoms with E-state index < -0.39 is 0 Å². The number of hydrogen-bond donors (Lipinski definition) is 2. The molecule has 0 atom stereocenters. The number of nitrogens with two attached hydrogens (primary N) is 1. The number of rotatable bonds is 5. The molecule has 1 heterocycles. The van der Waals surface area contributed by atoms with Crippen molar-refractivity contribution in [1.82, 2.24) is 15.1 Å². The lowest BCUT2D eigenvalue weighted by atomic mass is 9.89. The Morgan fingerprint density at radius 3 is 2.28 bits per heavy atom. The van der Waals surface area contributed by atoms with E-state index in [1.165, 1.54) is 5.56 Å². The molecule has 0 radical (unpaired) electrons. The van der Waals surface area contributed by atoms with Gasteiger partial charge in [-0.15, -0.1) is 12.4 Å². The summed E-state index contributed by atoms with van der Waals surface area (Å²) in [6.07, 6.45) is 2.58. The summed E-state index contributed by atoms with van der Waals surface area (Å²) in [5.74, 6) is -0.0984. The van der Waals surface area contributed by atoms with Crippen LogP contribution in [0.4, 0.5) is 5.69 Å². The smallest absolute Gasteiger partial charge is 0.254 e. The number of nitrogens with one attached hydrogen (secondary N) is 1. The predicted molar refractivity (Wildman–Crippen MR) is 121 cm³/mol. The number of anilines is 1. The first-order valence-corrected chi connectivity index (χ1v) is 9.54. The van der Waals surface area contributed by atoms with E-state index in [-0.39, 0.29) is 23.7 Å². The van der Waals surface area contributed by atoms with E-state index in [9.17, 15) is 4.79 Å². The fourth-order valence-corrected chi connectivity index (χ4v) is 3.02. The number of nitrogen functional groups attached to an aromatic ring is 1. The lowest BCUT2D eigenvalue weighted by molar-refractivity contribution is 0.0952. The molecule has 0 fully saturated rings. The largest absolute Gasteiger partial charge is 0.399 e. The molecule has 3 aromatic rings. The summed E-state index contributed by atoms with van der Waals surface area (Å²) in [7, 11) is 0. The van der Waals surface area contributed by atoms with Crippen molar-refractivity contribution in [1.29, 1.82) is 0 Å². The average molecular weight is 413 g/mol. The van der Waals surface area contributed by atoms with Gasteiger partial charge in [-0.2, -0.15) is 5.10 Å². The van der Waals surface area contributed by atoms with Crippen molar-refractivity contribution in [3.05, 3.63) is 77.1 Å². The minimum atomic E-state index is -0.237. The summed E-state index contributed by atoms with van der Waals surface area (Å²) in [6, 6.07) is 15.8. The second kappa shape index (κ2) is 9.14. The number of halogens is 1.